The van der Waals surface area contributed by atoms with Crippen LogP contribution < -0.4 is 10.1 Å². The van der Waals surface area contributed by atoms with Crippen LogP contribution in [0.25, 0.3) is 0 Å². The van der Waals surface area contributed by atoms with Crippen LogP contribution in [0.1, 0.15) is 12.0 Å². The van der Waals surface area contributed by atoms with Crippen molar-refractivity contribution in [2.45, 2.75) is 19.4 Å². The topological polar surface area (TPSA) is 47.0 Å². The van der Waals surface area contributed by atoms with E-state index in [2.05, 4.69) is 15.3 Å². The molecule has 1 aromatic rings. The van der Waals surface area contributed by atoms with Gasteiger partial charge in [-0.15, -0.1) is 24.8 Å². The van der Waals surface area contributed by atoms with Crippen molar-refractivity contribution in [1.29, 1.82) is 0 Å². The first-order valence-corrected chi connectivity index (χ1v) is 4.50. The Morgan fingerprint density at radius 2 is 2.00 bits per heavy atom. The van der Waals surface area contributed by atoms with Gasteiger partial charge in [0.1, 0.15) is 6.10 Å². The molecule has 1 atom stereocenters. The van der Waals surface area contributed by atoms with Gasteiger partial charge < -0.3 is 10.1 Å². The van der Waals surface area contributed by atoms with Gasteiger partial charge in [0.25, 0.3) is 0 Å². The van der Waals surface area contributed by atoms with Gasteiger partial charge in [-0.1, -0.05) is 0 Å². The number of halogens is 2. The lowest BCUT2D eigenvalue weighted by molar-refractivity contribution is 0.204. The predicted octanol–water partition coefficient (Wildman–Crippen LogP) is 1.37. The van der Waals surface area contributed by atoms with Gasteiger partial charge in [0.05, 0.1) is 0 Å². The van der Waals surface area contributed by atoms with Gasteiger partial charge in [0.15, 0.2) is 0 Å². The fourth-order valence-corrected chi connectivity index (χ4v) is 1.32. The molecule has 1 aliphatic heterocycles. The molecule has 2 rings (SSSR count). The number of nitrogens with zero attached hydrogens (tertiary/aromatic N) is 2. The van der Waals surface area contributed by atoms with Crippen molar-refractivity contribution in [1.82, 2.24) is 15.3 Å². The summed E-state index contributed by atoms with van der Waals surface area (Å²) >= 11 is 0. The lowest BCUT2D eigenvalue weighted by Crippen LogP contribution is -2.20. The monoisotopic (exact) mass is 251 g/mol. The molecular formula is C9H15Cl2N3O. The first kappa shape index (κ1) is 14.4. The lowest BCUT2D eigenvalue weighted by atomic mass is 10.3. The maximum absolute atomic E-state index is 5.55. The maximum Gasteiger partial charge on any atom is 0.316 e. The van der Waals surface area contributed by atoms with E-state index < -0.39 is 0 Å². The van der Waals surface area contributed by atoms with Crippen LogP contribution in [0.5, 0.6) is 6.01 Å². The third-order valence-electron chi connectivity index (χ3n) is 2.04. The summed E-state index contributed by atoms with van der Waals surface area (Å²) in [6.45, 7) is 3.88. The third kappa shape index (κ3) is 4.20. The Labute approximate surface area is 102 Å². The molecule has 0 aliphatic carbocycles. The zero-order valence-corrected chi connectivity index (χ0v) is 10.1. The van der Waals surface area contributed by atoms with E-state index in [0.29, 0.717) is 6.01 Å². The summed E-state index contributed by atoms with van der Waals surface area (Å²) in [5.41, 5.74) is 1.05. The number of rotatable bonds is 2. The van der Waals surface area contributed by atoms with Crippen molar-refractivity contribution in [3.63, 3.8) is 0 Å². The first-order valence-electron chi connectivity index (χ1n) is 4.50. The van der Waals surface area contributed by atoms with Crippen LogP contribution in [0.2, 0.25) is 0 Å². The summed E-state index contributed by atoms with van der Waals surface area (Å²) in [6, 6.07) is 0.485. The van der Waals surface area contributed by atoms with Gasteiger partial charge in [-0.2, -0.15) is 0 Å². The summed E-state index contributed by atoms with van der Waals surface area (Å²) < 4.78 is 5.55. The predicted molar refractivity (Wildman–Crippen MR) is 63.2 cm³/mol. The van der Waals surface area contributed by atoms with Gasteiger partial charge in [-0.25, -0.2) is 9.97 Å². The van der Waals surface area contributed by atoms with Crippen LogP contribution in [0.3, 0.4) is 0 Å². The first-order chi connectivity index (χ1) is 6.34. The molecule has 0 radical (unpaired) electrons. The maximum atomic E-state index is 5.55. The van der Waals surface area contributed by atoms with Crippen molar-refractivity contribution >= 4 is 24.8 Å². The van der Waals surface area contributed by atoms with Gasteiger partial charge in [0.2, 0.25) is 0 Å². The SMILES string of the molecule is Cc1cnc(OC2CCNC2)nc1.Cl.Cl. The minimum atomic E-state index is 0. The molecule has 0 saturated carbocycles. The van der Waals surface area contributed by atoms with Gasteiger partial charge in [0, 0.05) is 18.9 Å². The molecule has 1 aromatic heterocycles. The fourth-order valence-electron chi connectivity index (χ4n) is 1.32. The quantitative estimate of drug-likeness (QED) is 0.863. The summed E-state index contributed by atoms with van der Waals surface area (Å²) in [4.78, 5) is 8.16. The summed E-state index contributed by atoms with van der Waals surface area (Å²) in [7, 11) is 0. The fraction of sp³-hybridized carbons (Fsp3) is 0.556. The van der Waals surface area contributed by atoms with Crippen LogP contribution in [0.4, 0.5) is 0 Å². The summed E-state index contributed by atoms with van der Waals surface area (Å²) in [5, 5.41) is 3.22. The lowest BCUT2D eigenvalue weighted by Gasteiger charge is -2.09. The minimum absolute atomic E-state index is 0. The second kappa shape index (κ2) is 6.82. The van der Waals surface area contributed by atoms with Crippen LogP contribution in [-0.4, -0.2) is 29.2 Å². The summed E-state index contributed by atoms with van der Waals surface area (Å²) in [5.74, 6) is 0. The number of hydrogen-bond donors (Lipinski definition) is 1. The van der Waals surface area contributed by atoms with E-state index in [4.69, 9.17) is 4.74 Å². The van der Waals surface area contributed by atoms with Gasteiger partial charge in [-0.3, -0.25) is 0 Å². The summed E-state index contributed by atoms with van der Waals surface area (Å²) in [6.07, 6.45) is 4.81. The highest BCUT2D eigenvalue weighted by Gasteiger charge is 2.16. The molecular weight excluding hydrogens is 237 g/mol. The average molecular weight is 252 g/mol. The van der Waals surface area contributed by atoms with E-state index in [0.717, 1.165) is 25.1 Å². The van der Waals surface area contributed by atoms with Crippen molar-refractivity contribution in [2.75, 3.05) is 13.1 Å². The Morgan fingerprint density at radius 3 is 2.53 bits per heavy atom. The largest absolute Gasteiger partial charge is 0.459 e. The van der Waals surface area contributed by atoms with Crippen LogP contribution in [0.15, 0.2) is 12.4 Å². The van der Waals surface area contributed by atoms with Crippen molar-refractivity contribution in [3.05, 3.63) is 18.0 Å². The number of ether oxygens (including phenoxy) is 1. The number of aryl methyl sites for hydroxylation is 1. The molecule has 0 bridgehead atoms. The van der Waals surface area contributed by atoms with Gasteiger partial charge in [-0.05, 0) is 25.5 Å². The van der Waals surface area contributed by atoms with Crippen molar-refractivity contribution in [2.24, 2.45) is 0 Å². The van der Waals surface area contributed by atoms with E-state index in [1.54, 1.807) is 12.4 Å². The normalized spacial score (nSPS) is 18.9. The second-order valence-electron chi connectivity index (χ2n) is 3.28. The van der Waals surface area contributed by atoms with Crippen LogP contribution in [0, 0.1) is 6.92 Å². The molecule has 86 valence electrons. The Balaban J connectivity index is 0.000000980. The third-order valence-corrected chi connectivity index (χ3v) is 2.04. The molecule has 1 fully saturated rings. The van der Waals surface area contributed by atoms with E-state index >= 15 is 0 Å². The molecule has 1 unspecified atom stereocenters. The smallest absolute Gasteiger partial charge is 0.316 e. The average Bonchev–Trinajstić information content (AvgIpc) is 2.62. The molecule has 1 aliphatic rings. The highest BCUT2D eigenvalue weighted by molar-refractivity contribution is 5.85. The highest BCUT2D eigenvalue weighted by atomic mass is 35.5. The number of hydrogen-bond acceptors (Lipinski definition) is 4. The minimum Gasteiger partial charge on any atom is -0.459 e. The van der Waals surface area contributed by atoms with Crippen LogP contribution in [-0.2, 0) is 0 Å². The Bertz CT molecular complexity index is 275. The van der Waals surface area contributed by atoms with Crippen molar-refractivity contribution in [3.8, 4) is 6.01 Å². The number of aromatic nitrogens is 2. The number of nitrogens with one attached hydrogen (secondary N) is 1. The molecule has 0 spiro atoms. The molecule has 6 heteroatoms. The van der Waals surface area contributed by atoms with E-state index in [1.807, 2.05) is 6.92 Å². The molecule has 1 saturated heterocycles. The molecule has 1 N–H and O–H groups in total. The van der Waals surface area contributed by atoms with Crippen molar-refractivity contribution < 1.29 is 4.74 Å². The van der Waals surface area contributed by atoms with E-state index in [-0.39, 0.29) is 30.9 Å². The van der Waals surface area contributed by atoms with E-state index in [9.17, 15) is 0 Å². The van der Waals surface area contributed by atoms with Gasteiger partial charge >= 0.3 is 6.01 Å². The molecule has 0 aromatic carbocycles. The molecule has 4 nitrogen and oxygen atoms in total. The molecule has 15 heavy (non-hydrogen) atoms. The van der Waals surface area contributed by atoms with Crippen LogP contribution >= 0.6 is 24.8 Å². The molecule has 2 heterocycles. The molecule has 0 amide bonds. The zero-order valence-electron chi connectivity index (χ0n) is 8.47. The Morgan fingerprint density at radius 1 is 1.33 bits per heavy atom. The Kier molecular flexibility index (Phi) is 6.56. The highest BCUT2D eigenvalue weighted by Crippen LogP contribution is 2.08. The standard InChI is InChI=1S/C9H13N3O.2ClH/c1-7-4-11-9(12-5-7)13-8-2-3-10-6-8;;/h4-5,8,10H,2-3,6H2,1H3;2*1H. The second-order valence-corrected chi connectivity index (χ2v) is 3.28. The zero-order chi connectivity index (χ0) is 9.10. The van der Waals surface area contributed by atoms with E-state index in [1.165, 1.54) is 0 Å². The Hall–Kier alpha value is -0.580.